The molecule has 0 aliphatic rings. The van der Waals surface area contributed by atoms with Gasteiger partial charge in [-0.05, 0) is 12.1 Å². The molecule has 1 rings (SSSR count). The average molecular weight is 247 g/mol. The molecular formula is C14H17NO3. The maximum atomic E-state index is 12.0. The topological polar surface area (TPSA) is 46.6 Å². The van der Waals surface area contributed by atoms with Crippen molar-refractivity contribution in [2.75, 3.05) is 20.2 Å². The van der Waals surface area contributed by atoms with E-state index in [1.807, 2.05) is 0 Å². The SMILES string of the molecule is C=CCN(CC(=O)c1cccc(OC)c1)C(C)=O. The molecule has 0 spiro atoms. The molecule has 0 bridgehead atoms. The molecule has 0 aromatic heterocycles. The van der Waals surface area contributed by atoms with E-state index in [4.69, 9.17) is 4.74 Å². The predicted octanol–water partition coefficient (Wildman–Crippen LogP) is 1.91. The summed E-state index contributed by atoms with van der Waals surface area (Å²) in [6, 6.07) is 6.88. The number of ketones is 1. The molecule has 0 aliphatic heterocycles. The number of benzene rings is 1. The summed E-state index contributed by atoms with van der Waals surface area (Å²) in [5, 5.41) is 0. The first-order valence-electron chi connectivity index (χ1n) is 5.62. The zero-order valence-electron chi connectivity index (χ0n) is 10.7. The molecule has 96 valence electrons. The van der Waals surface area contributed by atoms with Gasteiger partial charge in [0.1, 0.15) is 5.75 Å². The van der Waals surface area contributed by atoms with Crippen LogP contribution in [0.1, 0.15) is 17.3 Å². The zero-order valence-corrected chi connectivity index (χ0v) is 10.7. The Bertz CT molecular complexity index is 454. The molecule has 4 heteroatoms. The van der Waals surface area contributed by atoms with Crippen LogP contribution in [0, 0.1) is 0 Å². The van der Waals surface area contributed by atoms with Crippen LogP contribution >= 0.6 is 0 Å². The van der Waals surface area contributed by atoms with Crippen LogP contribution in [0.2, 0.25) is 0 Å². The fourth-order valence-corrected chi connectivity index (χ4v) is 1.52. The van der Waals surface area contributed by atoms with E-state index in [1.54, 1.807) is 37.5 Å². The Morgan fingerprint density at radius 1 is 1.44 bits per heavy atom. The first-order chi connectivity index (χ1) is 8.58. The van der Waals surface area contributed by atoms with E-state index < -0.39 is 0 Å². The second-order valence-corrected chi connectivity index (χ2v) is 3.84. The van der Waals surface area contributed by atoms with Crippen LogP contribution in [-0.4, -0.2) is 36.8 Å². The highest BCUT2D eigenvalue weighted by atomic mass is 16.5. The van der Waals surface area contributed by atoms with Gasteiger partial charge in [0.2, 0.25) is 5.91 Å². The second-order valence-electron chi connectivity index (χ2n) is 3.84. The summed E-state index contributed by atoms with van der Waals surface area (Å²) in [5.41, 5.74) is 0.532. The fraction of sp³-hybridized carbons (Fsp3) is 0.286. The summed E-state index contributed by atoms with van der Waals surface area (Å²) < 4.78 is 5.06. The van der Waals surface area contributed by atoms with E-state index in [2.05, 4.69) is 6.58 Å². The standard InChI is InChI=1S/C14H17NO3/c1-4-8-15(11(2)16)10-14(17)12-6-5-7-13(9-12)18-3/h4-7,9H,1,8,10H2,2-3H3. The van der Waals surface area contributed by atoms with Crippen molar-refractivity contribution in [2.24, 2.45) is 0 Å². The number of hydrogen-bond donors (Lipinski definition) is 0. The Morgan fingerprint density at radius 3 is 2.72 bits per heavy atom. The number of carbonyl (C=O) groups excluding carboxylic acids is 2. The Labute approximate surface area is 107 Å². The first-order valence-corrected chi connectivity index (χ1v) is 5.62. The lowest BCUT2D eigenvalue weighted by Crippen LogP contribution is -2.34. The molecule has 1 amide bonds. The van der Waals surface area contributed by atoms with Gasteiger partial charge in [-0.1, -0.05) is 18.2 Å². The molecule has 18 heavy (non-hydrogen) atoms. The van der Waals surface area contributed by atoms with Gasteiger partial charge in [-0.3, -0.25) is 9.59 Å². The highest BCUT2D eigenvalue weighted by Gasteiger charge is 2.14. The van der Waals surface area contributed by atoms with Gasteiger partial charge >= 0.3 is 0 Å². The van der Waals surface area contributed by atoms with E-state index >= 15 is 0 Å². The van der Waals surface area contributed by atoms with Crippen molar-refractivity contribution in [2.45, 2.75) is 6.92 Å². The maximum absolute atomic E-state index is 12.0. The van der Waals surface area contributed by atoms with Gasteiger partial charge in [0.25, 0.3) is 0 Å². The summed E-state index contributed by atoms with van der Waals surface area (Å²) in [4.78, 5) is 24.8. The third kappa shape index (κ3) is 3.73. The second kappa shape index (κ2) is 6.59. The molecule has 0 fully saturated rings. The Balaban J connectivity index is 2.79. The van der Waals surface area contributed by atoms with E-state index in [-0.39, 0.29) is 18.2 Å². The molecule has 0 aliphatic carbocycles. The molecule has 1 aromatic carbocycles. The van der Waals surface area contributed by atoms with Crippen molar-refractivity contribution in [3.63, 3.8) is 0 Å². The highest BCUT2D eigenvalue weighted by molar-refractivity contribution is 5.99. The molecular weight excluding hydrogens is 230 g/mol. The molecule has 0 unspecified atom stereocenters. The van der Waals surface area contributed by atoms with E-state index in [9.17, 15) is 9.59 Å². The number of Topliss-reactive ketones (excluding diaryl/α,β-unsaturated/α-hetero) is 1. The molecule has 0 atom stereocenters. The number of ether oxygens (including phenoxy) is 1. The molecule has 0 heterocycles. The molecule has 4 nitrogen and oxygen atoms in total. The monoisotopic (exact) mass is 247 g/mol. The summed E-state index contributed by atoms with van der Waals surface area (Å²) >= 11 is 0. The molecule has 0 saturated carbocycles. The zero-order chi connectivity index (χ0) is 13.5. The predicted molar refractivity (Wildman–Crippen MR) is 69.8 cm³/mol. The van der Waals surface area contributed by atoms with Crippen molar-refractivity contribution < 1.29 is 14.3 Å². The number of methoxy groups -OCH3 is 1. The van der Waals surface area contributed by atoms with E-state index in [0.717, 1.165) is 0 Å². The third-order valence-corrected chi connectivity index (χ3v) is 2.52. The lowest BCUT2D eigenvalue weighted by Gasteiger charge is -2.18. The van der Waals surface area contributed by atoms with E-state index in [0.29, 0.717) is 17.9 Å². The highest BCUT2D eigenvalue weighted by Crippen LogP contribution is 2.13. The maximum Gasteiger partial charge on any atom is 0.220 e. The molecule has 0 radical (unpaired) electrons. The number of amides is 1. The number of hydrogen-bond acceptors (Lipinski definition) is 3. The number of rotatable bonds is 6. The Morgan fingerprint density at radius 2 is 2.17 bits per heavy atom. The van der Waals surface area contributed by atoms with Crippen LogP contribution in [-0.2, 0) is 4.79 Å². The molecule has 0 N–H and O–H groups in total. The van der Waals surface area contributed by atoms with Gasteiger partial charge in [-0.2, -0.15) is 0 Å². The number of nitrogens with zero attached hydrogens (tertiary/aromatic N) is 1. The minimum Gasteiger partial charge on any atom is -0.497 e. The quantitative estimate of drug-likeness (QED) is 0.570. The average Bonchev–Trinajstić information content (AvgIpc) is 2.38. The van der Waals surface area contributed by atoms with Crippen molar-refractivity contribution in [1.82, 2.24) is 4.90 Å². The van der Waals surface area contributed by atoms with Gasteiger partial charge < -0.3 is 9.64 Å². The largest absolute Gasteiger partial charge is 0.497 e. The third-order valence-electron chi connectivity index (χ3n) is 2.52. The van der Waals surface area contributed by atoms with Gasteiger partial charge in [0, 0.05) is 19.0 Å². The number of carbonyl (C=O) groups is 2. The lowest BCUT2D eigenvalue weighted by atomic mass is 10.1. The lowest BCUT2D eigenvalue weighted by molar-refractivity contribution is -0.127. The van der Waals surface area contributed by atoms with Crippen LogP contribution in [0.5, 0.6) is 5.75 Å². The van der Waals surface area contributed by atoms with Crippen molar-refractivity contribution >= 4 is 11.7 Å². The Kier molecular flexibility index (Phi) is 5.11. The summed E-state index contributed by atoms with van der Waals surface area (Å²) in [7, 11) is 1.54. The summed E-state index contributed by atoms with van der Waals surface area (Å²) in [6.07, 6.45) is 1.60. The molecule has 0 saturated heterocycles. The minimum atomic E-state index is -0.147. The normalized spacial score (nSPS) is 9.67. The van der Waals surface area contributed by atoms with E-state index in [1.165, 1.54) is 11.8 Å². The Hall–Kier alpha value is -2.10. The van der Waals surface area contributed by atoms with Crippen LogP contribution in [0.15, 0.2) is 36.9 Å². The van der Waals surface area contributed by atoms with Gasteiger partial charge in [-0.15, -0.1) is 6.58 Å². The van der Waals surface area contributed by atoms with Gasteiger partial charge in [-0.25, -0.2) is 0 Å². The van der Waals surface area contributed by atoms with Crippen molar-refractivity contribution in [3.05, 3.63) is 42.5 Å². The smallest absolute Gasteiger partial charge is 0.220 e. The first kappa shape index (κ1) is 14.0. The van der Waals surface area contributed by atoms with Crippen LogP contribution < -0.4 is 4.74 Å². The molecule has 1 aromatic rings. The van der Waals surface area contributed by atoms with Crippen molar-refractivity contribution in [3.8, 4) is 5.75 Å². The van der Waals surface area contributed by atoms with Crippen LogP contribution in [0.3, 0.4) is 0 Å². The van der Waals surface area contributed by atoms with Crippen molar-refractivity contribution in [1.29, 1.82) is 0 Å². The van der Waals surface area contributed by atoms with Gasteiger partial charge in [0.05, 0.1) is 13.7 Å². The minimum absolute atomic E-state index is 0.0501. The fourth-order valence-electron chi connectivity index (χ4n) is 1.52. The summed E-state index contributed by atoms with van der Waals surface area (Å²) in [6.45, 7) is 5.41. The summed E-state index contributed by atoms with van der Waals surface area (Å²) in [5.74, 6) is 0.357. The van der Waals surface area contributed by atoms with Crippen LogP contribution in [0.4, 0.5) is 0 Å². The van der Waals surface area contributed by atoms with Gasteiger partial charge in [0.15, 0.2) is 5.78 Å². The van der Waals surface area contributed by atoms with Crippen LogP contribution in [0.25, 0.3) is 0 Å².